The van der Waals surface area contributed by atoms with E-state index < -0.39 is 5.60 Å². The highest BCUT2D eigenvalue weighted by atomic mass is 16.6. The summed E-state index contributed by atoms with van der Waals surface area (Å²) in [6.07, 6.45) is 5.99. The van der Waals surface area contributed by atoms with Gasteiger partial charge in [-0.15, -0.1) is 0 Å². The van der Waals surface area contributed by atoms with Gasteiger partial charge in [-0.2, -0.15) is 0 Å². The Labute approximate surface area is 138 Å². The topological polar surface area (TPSA) is 32.8 Å². The summed E-state index contributed by atoms with van der Waals surface area (Å²) in [4.78, 5) is 0. The summed E-state index contributed by atoms with van der Waals surface area (Å²) in [7, 11) is 0. The lowest BCUT2D eigenvalue weighted by molar-refractivity contribution is -0.0433. The Hall–Kier alpha value is -1.64. The van der Waals surface area contributed by atoms with Crippen molar-refractivity contribution in [3.63, 3.8) is 0 Å². The molecule has 2 aromatic rings. The monoisotopic (exact) mass is 308 g/mol. The van der Waals surface area contributed by atoms with Gasteiger partial charge in [0.1, 0.15) is 11.2 Å². The van der Waals surface area contributed by atoms with E-state index in [4.69, 9.17) is 4.74 Å². The maximum atomic E-state index is 11.7. The molecule has 2 aromatic carbocycles. The molecule has 23 heavy (non-hydrogen) atoms. The van der Waals surface area contributed by atoms with Crippen molar-refractivity contribution in [3.05, 3.63) is 71.8 Å². The van der Waals surface area contributed by atoms with Crippen LogP contribution in [0.1, 0.15) is 36.8 Å². The van der Waals surface area contributed by atoms with Crippen molar-refractivity contribution < 1.29 is 9.84 Å². The fraction of sp³-hybridized carbons (Fsp3) is 0.429. The van der Waals surface area contributed by atoms with E-state index >= 15 is 0 Å². The molecular weight excluding hydrogens is 284 g/mol. The first-order chi connectivity index (χ1) is 11.2. The SMILES string of the molecule is OC(Cc1ccccc1)(Cc1ccccc1)[C@]12CCCC[C@H]1O2. The minimum atomic E-state index is -0.833. The second-order valence-electron chi connectivity index (χ2n) is 7.10. The van der Waals surface area contributed by atoms with E-state index in [1.807, 2.05) is 36.4 Å². The minimum Gasteiger partial charge on any atom is -0.386 e. The van der Waals surface area contributed by atoms with Gasteiger partial charge >= 0.3 is 0 Å². The van der Waals surface area contributed by atoms with Gasteiger partial charge in [-0.25, -0.2) is 0 Å². The lowest BCUT2D eigenvalue weighted by Gasteiger charge is -2.37. The van der Waals surface area contributed by atoms with E-state index in [9.17, 15) is 5.11 Å². The van der Waals surface area contributed by atoms with E-state index in [1.165, 1.54) is 17.5 Å². The lowest BCUT2D eigenvalue weighted by Crippen LogP contribution is -2.51. The van der Waals surface area contributed by atoms with Crippen molar-refractivity contribution in [3.8, 4) is 0 Å². The van der Waals surface area contributed by atoms with E-state index in [1.54, 1.807) is 0 Å². The van der Waals surface area contributed by atoms with E-state index in [2.05, 4.69) is 24.3 Å². The number of hydrogen-bond donors (Lipinski definition) is 1. The Morgan fingerprint density at radius 2 is 1.48 bits per heavy atom. The van der Waals surface area contributed by atoms with Gasteiger partial charge in [0.2, 0.25) is 0 Å². The minimum absolute atomic E-state index is 0.244. The van der Waals surface area contributed by atoms with E-state index in [-0.39, 0.29) is 11.7 Å². The van der Waals surface area contributed by atoms with Crippen LogP contribution in [0.5, 0.6) is 0 Å². The first-order valence-corrected chi connectivity index (χ1v) is 8.70. The van der Waals surface area contributed by atoms with Crippen LogP contribution in [0, 0.1) is 0 Å². The van der Waals surface area contributed by atoms with Crippen molar-refractivity contribution in [1.82, 2.24) is 0 Å². The van der Waals surface area contributed by atoms with E-state index in [0.29, 0.717) is 12.8 Å². The van der Waals surface area contributed by atoms with Crippen LogP contribution in [0.3, 0.4) is 0 Å². The molecule has 0 amide bonds. The number of epoxide rings is 1. The average molecular weight is 308 g/mol. The maximum absolute atomic E-state index is 11.7. The molecule has 1 aliphatic heterocycles. The Bertz CT molecular complexity index is 611. The smallest absolute Gasteiger partial charge is 0.124 e. The molecular formula is C21H24O2. The Kier molecular flexibility index (Phi) is 3.74. The quantitative estimate of drug-likeness (QED) is 0.849. The second-order valence-corrected chi connectivity index (χ2v) is 7.10. The molecule has 1 aliphatic carbocycles. The van der Waals surface area contributed by atoms with Crippen LogP contribution in [0.25, 0.3) is 0 Å². The summed E-state index contributed by atoms with van der Waals surface area (Å²) in [6.45, 7) is 0. The zero-order chi connectivity index (χ0) is 15.8. The number of aliphatic hydroxyl groups is 1. The van der Waals surface area contributed by atoms with Crippen molar-refractivity contribution in [2.45, 2.75) is 55.8 Å². The zero-order valence-corrected chi connectivity index (χ0v) is 13.4. The summed E-state index contributed by atoms with van der Waals surface area (Å²) >= 11 is 0. The predicted molar refractivity (Wildman–Crippen MR) is 91.3 cm³/mol. The third-order valence-corrected chi connectivity index (χ3v) is 5.55. The second kappa shape index (κ2) is 5.77. The van der Waals surface area contributed by atoms with Crippen molar-refractivity contribution in [1.29, 1.82) is 0 Å². The van der Waals surface area contributed by atoms with Crippen LogP contribution >= 0.6 is 0 Å². The average Bonchev–Trinajstić information content (AvgIpc) is 3.33. The first kappa shape index (κ1) is 14.9. The highest BCUT2D eigenvalue weighted by Gasteiger charge is 2.68. The van der Waals surface area contributed by atoms with Gasteiger partial charge in [-0.3, -0.25) is 0 Å². The highest BCUT2D eigenvalue weighted by molar-refractivity contribution is 5.28. The lowest BCUT2D eigenvalue weighted by atomic mass is 9.71. The van der Waals surface area contributed by atoms with Gasteiger partial charge in [-0.1, -0.05) is 73.5 Å². The van der Waals surface area contributed by atoms with Crippen LogP contribution in [-0.2, 0) is 17.6 Å². The molecule has 2 fully saturated rings. The number of fused-ring (bicyclic) bond motifs is 1. The van der Waals surface area contributed by atoms with Crippen molar-refractivity contribution in [2.75, 3.05) is 0 Å². The first-order valence-electron chi connectivity index (χ1n) is 8.70. The van der Waals surface area contributed by atoms with E-state index in [0.717, 1.165) is 19.3 Å². The molecule has 2 heteroatoms. The van der Waals surface area contributed by atoms with Gasteiger partial charge < -0.3 is 9.84 Å². The molecule has 0 aromatic heterocycles. The molecule has 1 heterocycles. The molecule has 4 rings (SSSR count). The molecule has 0 unspecified atom stereocenters. The number of rotatable bonds is 5. The predicted octanol–water partition coefficient (Wildman–Crippen LogP) is 3.91. The number of ether oxygens (including phenoxy) is 1. The van der Waals surface area contributed by atoms with Crippen molar-refractivity contribution in [2.24, 2.45) is 0 Å². The molecule has 120 valence electrons. The summed E-state index contributed by atoms with van der Waals surface area (Å²) in [5, 5.41) is 11.7. The molecule has 1 N–H and O–H groups in total. The molecule has 0 bridgehead atoms. The fourth-order valence-electron chi connectivity index (χ4n) is 4.32. The molecule has 2 aliphatic rings. The zero-order valence-electron chi connectivity index (χ0n) is 13.4. The number of hydrogen-bond acceptors (Lipinski definition) is 2. The molecule has 0 spiro atoms. The van der Waals surface area contributed by atoms with Gasteiger partial charge in [0.05, 0.1) is 6.10 Å². The fourth-order valence-corrected chi connectivity index (χ4v) is 4.32. The normalized spacial score (nSPS) is 26.6. The van der Waals surface area contributed by atoms with Crippen LogP contribution in [0.4, 0.5) is 0 Å². The van der Waals surface area contributed by atoms with Gasteiger partial charge in [-0.05, 0) is 24.0 Å². The molecule has 0 radical (unpaired) electrons. The standard InChI is InChI=1S/C21H24O2/c22-20(15-17-9-3-1-4-10-17,16-18-11-5-2-6-12-18)21-14-8-7-13-19(21)23-21/h1-6,9-12,19,22H,7-8,13-16H2/t19-,21+/m1/s1. The van der Waals surface area contributed by atoms with Crippen LogP contribution < -0.4 is 0 Å². The summed E-state index contributed by atoms with van der Waals surface area (Å²) in [5.74, 6) is 0. The summed E-state index contributed by atoms with van der Waals surface area (Å²) < 4.78 is 6.13. The summed E-state index contributed by atoms with van der Waals surface area (Å²) in [6, 6.07) is 20.6. The Morgan fingerprint density at radius 1 is 0.913 bits per heavy atom. The van der Waals surface area contributed by atoms with Gasteiger partial charge in [0, 0.05) is 12.8 Å². The molecule has 2 atom stereocenters. The third-order valence-electron chi connectivity index (χ3n) is 5.55. The Morgan fingerprint density at radius 3 is 2.00 bits per heavy atom. The largest absolute Gasteiger partial charge is 0.386 e. The third kappa shape index (κ3) is 2.71. The highest BCUT2D eigenvalue weighted by Crippen LogP contribution is 2.56. The molecule has 2 nitrogen and oxygen atoms in total. The van der Waals surface area contributed by atoms with Gasteiger partial charge in [0.15, 0.2) is 0 Å². The number of benzene rings is 2. The van der Waals surface area contributed by atoms with Crippen LogP contribution in [-0.4, -0.2) is 22.4 Å². The van der Waals surface area contributed by atoms with Crippen LogP contribution in [0.2, 0.25) is 0 Å². The van der Waals surface area contributed by atoms with Crippen molar-refractivity contribution >= 4 is 0 Å². The molecule has 1 saturated carbocycles. The molecule has 1 saturated heterocycles. The van der Waals surface area contributed by atoms with Gasteiger partial charge in [0.25, 0.3) is 0 Å². The summed E-state index contributed by atoms with van der Waals surface area (Å²) in [5.41, 5.74) is 1.19. The maximum Gasteiger partial charge on any atom is 0.124 e. The Balaban J connectivity index is 1.66. The van der Waals surface area contributed by atoms with Crippen LogP contribution in [0.15, 0.2) is 60.7 Å².